The second-order valence-corrected chi connectivity index (χ2v) is 11.9. The first kappa shape index (κ1) is 32.5. The molecule has 42 heavy (non-hydrogen) atoms. The Balaban J connectivity index is 2.05. The van der Waals surface area contributed by atoms with Crippen LogP contribution in [0.5, 0.6) is 5.75 Å². The molecule has 0 saturated carbocycles. The minimum absolute atomic E-state index is 0.0685. The van der Waals surface area contributed by atoms with Gasteiger partial charge in [-0.05, 0) is 60.9 Å². The minimum Gasteiger partial charge on any atom is -0.497 e. The van der Waals surface area contributed by atoms with Gasteiger partial charge in [0.1, 0.15) is 18.3 Å². The first-order valence-electron chi connectivity index (χ1n) is 13.2. The topological polar surface area (TPSA) is 96.0 Å². The molecule has 0 heterocycles. The van der Waals surface area contributed by atoms with Gasteiger partial charge in [0.15, 0.2) is 0 Å². The lowest BCUT2D eigenvalue weighted by Gasteiger charge is -2.32. The van der Waals surface area contributed by atoms with E-state index in [1.54, 1.807) is 30.3 Å². The molecule has 226 valence electrons. The van der Waals surface area contributed by atoms with Gasteiger partial charge in [0.05, 0.1) is 23.3 Å². The summed E-state index contributed by atoms with van der Waals surface area (Å²) in [5.41, 5.74) is -0.787. The molecule has 0 fully saturated rings. The fraction of sp³-hybridized carbons (Fsp3) is 0.333. The monoisotopic (exact) mass is 605 g/mol. The Morgan fingerprint density at radius 2 is 1.57 bits per heavy atom. The van der Waals surface area contributed by atoms with Crippen molar-refractivity contribution in [3.05, 3.63) is 90.0 Å². The Bertz CT molecular complexity index is 1460. The highest BCUT2D eigenvalue weighted by molar-refractivity contribution is 7.92. The van der Waals surface area contributed by atoms with Crippen LogP contribution in [-0.2, 0) is 32.3 Å². The zero-order valence-electron chi connectivity index (χ0n) is 23.8. The number of carbonyl (C=O) groups is 2. The first-order chi connectivity index (χ1) is 19.7. The second-order valence-electron chi connectivity index (χ2n) is 10.1. The number of hydrogen-bond acceptors (Lipinski definition) is 5. The number of carbonyl (C=O) groups excluding carboxylic acids is 2. The van der Waals surface area contributed by atoms with Crippen molar-refractivity contribution in [1.29, 1.82) is 0 Å². The van der Waals surface area contributed by atoms with Crippen LogP contribution in [0.4, 0.5) is 18.9 Å². The Morgan fingerprint density at radius 3 is 2.14 bits per heavy atom. The number of hydrogen-bond donors (Lipinski definition) is 1. The zero-order chi connectivity index (χ0) is 31.1. The van der Waals surface area contributed by atoms with Crippen LogP contribution in [0.2, 0.25) is 0 Å². The first-order valence-corrected chi connectivity index (χ1v) is 14.6. The molecule has 0 spiro atoms. The van der Waals surface area contributed by atoms with Gasteiger partial charge in [-0.1, -0.05) is 50.2 Å². The lowest BCUT2D eigenvalue weighted by Crippen LogP contribution is -2.51. The predicted octanol–water partition coefficient (Wildman–Crippen LogP) is 5.10. The van der Waals surface area contributed by atoms with Crippen LogP contribution < -0.4 is 14.4 Å². The summed E-state index contributed by atoms with van der Waals surface area (Å²) in [5, 5.41) is 2.78. The van der Waals surface area contributed by atoms with Gasteiger partial charge in [-0.3, -0.25) is 13.9 Å². The van der Waals surface area contributed by atoms with Crippen LogP contribution in [0.1, 0.15) is 31.9 Å². The number of methoxy groups -OCH3 is 1. The van der Waals surface area contributed by atoms with Crippen LogP contribution in [0.15, 0.2) is 83.8 Å². The zero-order valence-corrected chi connectivity index (χ0v) is 24.6. The molecule has 0 unspecified atom stereocenters. The number of rotatable bonds is 12. The predicted molar refractivity (Wildman–Crippen MR) is 153 cm³/mol. The molecule has 0 aliphatic rings. The molecule has 0 radical (unpaired) electrons. The van der Waals surface area contributed by atoms with E-state index in [1.807, 2.05) is 13.8 Å². The molecule has 1 N–H and O–H groups in total. The van der Waals surface area contributed by atoms with Gasteiger partial charge in [-0.15, -0.1) is 0 Å². The van der Waals surface area contributed by atoms with Crippen LogP contribution >= 0.6 is 0 Å². The largest absolute Gasteiger partial charge is 0.497 e. The molecular formula is C30H34F3N3O5S. The molecular weight excluding hydrogens is 571 g/mol. The fourth-order valence-electron chi connectivity index (χ4n) is 4.05. The van der Waals surface area contributed by atoms with Crippen molar-refractivity contribution in [1.82, 2.24) is 10.2 Å². The molecule has 3 aromatic carbocycles. The summed E-state index contributed by atoms with van der Waals surface area (Å²) in [6.07, 6.45) is -4.74. The number of nitrogens with one attached hydrogen (secondary N) is 1. The van der Waals surface area contributed by atoms with Crippen molar-refractivity contribution >= 4 is 27.5 Å². The highest BCUT2D eigenvalue weighted by Gasteiger charge is 2.35. The normalized spacial score (nSPS) is 12.5. The number of anilines is 1. The van der Waals surface area contributed by atoms with Crippen LogP contribution in [0.25, 0.3) is 0 Å². The van der Waals surface area contributed by atoms with Gasteiger partial charge in [0.25, 0.3) is 10.0 Å². The van der Waals surface area contributed by atoms with E-state index < -0.39 is 46.2 Å². The van der Waals surface area contributed by atoms with E-state index >= 15 is 0 Å². The third kappa shape index (κ3) is 8.25. The highest BCUT2D eigenvalue weighted by atomic mass is 32.2. The minimum atomic E-state index is -4.74. The Morgan fingerprint density at radius 1 is 0.929 bits per heavy atom. The summed E-state index contributed by atoms with van der Waals surface area (Å²) in [6, 6.07) is 16.6. The summed E-state index contributed by atoms with van der Waals surface area (Å²) in [5.74, 6) is -0.527. The number of halogens is 3. The van der Waals surface area contributed by atoms with E-state index in [9.17, 15) is 31.2 Å². The molecule has 12 heteroatoms. The number of nitrogens with zero attached hydrogens (tertiary/aromatic N) is 2. The van der Waals surface area contributed by atoms with Crippen LogP contribution in [-0.4, -0.2) is 51.4 Å². The number of ether oxygens (including phenoxy) is 1. The summed E-state index contributed by atoms with van der Waals surface area (Å²) < 4.78 is 74.0. The molecule has 3 aromatic rings. The maximum atomic E-state index is 13.9. The molecule has 0 saturated heterocycles. The maximum Gasteiger partial charge on any atom is 0.416 e. The van der Waals surface area contributed by atoms with Crippen molar-refractivity contribution in [2.75, 3.05) is 24.5 Å². The molecule has 3 rings (SSSR count). The Hall–Kier alpha value is -4.06. The van der Waals surface area contributed by atoms with E-state index in [4.69, 9.17) is 4.74 Å². The standard InChI is InChI=1S/C30H34F3N3O5S/c1-21(2)18-34-29(38)22(3)35(19-23-13-15-26(41-4)16-14-23)28(37)20-36(42(39,40)27-11-6-5-7-12-27)25-10-8-9-24(17-25)30(31,32)33/h5-17,21-22H,18-20H2,1-4H3,(H,34,38)/t22-/m1/s1. The summed E-state index contributed by atoms with van der Waals surface area (Å²) in [7, 11) is -2.99. The summed E-state index contributed by atoms with van der Waals surface area (Å²) >= 11 is 0. The van der Waals surface area contributed by atoms with E-state index in [0.717, 1.165) is 12.1 Å². The molecule has 0 bridgehead atoms. The van der Waals surface area contributed by atoms with Gasteiger partial charge in [-0.25, -0.2) is 8.42 Å². The molecule has 0 aromatic heterocycles. The van der Waals surface area contributed by atoms with Gasteiger partial charge in [0.2, 0.25) is 11.8 Å². The number of sulfonamides is 1. The van der Waals surface area contributed by atoms with Crippen molar-refractivity contribution < 1.29 is 35.9 Å². The smallest absolute Gasteiger partial charge is 0.416 e. The molecule has 1 atom stereocenters. The van der Waals surface area contributed by atoms with Crippen molar-refractivity contribution in [3.63, 3.8) is 0 Å². The van der Waals surface area contributed by atoms with E-state index in [2.05, 4.69) is 5.32 Å². The van der Waals surface area contributed by atoms with E-state index in [-0.39, 0.29) is 23.0 Å². The Kier molecular flexibility index (Phi) is 10.6. The van der Waals surface area contributed by atoms with Gasteiger partial charge in [-0.2, -0.15) is 13.2 Å². The quantitative estimate of drug-likeness (QED) is 0.310. The summed E-state index contributed by atoms with van der Waals surface area (Å²) in [6.45, 7) is 4.76. The lowest BCUT2D eigenvalue weighted by atomic mass is 10.1. The van der Waals surface area contributed by atoms with Crippen LogP contribution in [0, 0.1) is 5.92 Å². The van der Waals surface area contributed by atoms with E-state index in [0.29, 0.717) is 28.2 Å². The second kappa shape index (κ2) is 13.7. The molecule has 8 nitrogen and oxygen atoms in total. The van der Waals surface area contributed by atoms with Crippen molar-refractivity contribution in [2.45, 2.75) is 44.4 Å². The molecule has 0 aliphatic heterocycles. The van der Waals surface area contributed by atoms with Gasteiger partial charge < -0.3 is 15.0 Å². The van der Waals surface area contributed by atoms with Gasteiger partial charge >= 0.3 is 6.18 Å². The van der Waals surface area contributed by atoms with Gasteiger partial charge in [0, 0.05) is 13.1 Å². The third-order valence-electron chi connectivity index (χ3n) is 6.44. The van der Waals surface area contributed by atoms with Crippen molar-refractivity contribution in [2.24, 2.45) is 5.92 Å². The molecule has 2 amide bonds. The molecule has 0 aliphatic carbocycles. The average Bonchev–Trinajstić information content (AvgIpc) is 2.97. The summed E-state index contributed by atoms with van der Waals surface area (Å²) in [4.78, 5) is 27.9. The maximum absolute atomic E-state index is 13.9. The fourth-order valence-corrected chi connectivity index (χ4v) is 5.48. The third-order valence-corrected chi connectivity index (χ3v) is 8.22. The highest BCUT2D eigenvalue weighted by Crippen LogP contribution is 2.33. The average molecular weight is 606 g/mol. The number of alkyl halides is 3. The lowest BCUT2D eigenvalue weighted by molar-refractivity contribution is -0.139. The Labute approximate surface area is 244 Å². The van der Waals surface area contributed by atoms with E-state index in [1.165, 1.54) is 49.3 Å². The van der Waals surface area contributed by atoms with Crippen LogP contribution in [0.3, 0.4) is 0 Å². The SMILES string of the molecule is COc1ccc(CN(C(=O)CN(c2cccc(C(F)(F)F)c2)S(=O)(=O)c2ccccc2)[C@H](C)C(=O)NCC(C)C)cc1. The van der Waals surface area contributed by atoms with Crippen molar-refractivity contribution in [3.8, 4) is 5.75 Å². The number of benzene rings is 3. The number of amides is 2.